The fourth-order valence-corrected chi connectivity index (χ4v) is 2.54. The van der Waals surface area contributed by atoms with Crippen molar-refractivity contribution in [2.45, 2.75) is 32.6 Å². The normalized spacial score (nSPS) is 11.1. The molecule has 2 aromatic heterocycles. The van der Waals surface area contributed by atoms with Crippen LogP contribution in [0.1, 0.15) is 31.9 Å². The average Bonchev–Trinajstić information content (AvgIpc) is 2.88. The minimum absolute atomic E-state index is 1.05. The molecule has 102 valence electrons. The van der Waals surface area contributed by atoms with E-state index in [1.807, 2.05) is 29.2 Å². The second-order valence-corrected chi connectivity index (χ2v) is 5.04. The maximum atomic E-state index is 4.82. The molecule has 3 aromatic rings. The van der Waals surface area contributed by atoms with Crippen molar-refractivity contribution in [3.05, 3.63) is 54.5 Å². The molecule has 0 unspecified atom stereocenters. The second-order valence-electron chi connectivity index (χ2n) is 5.04. The summed E-state index contributed by atoms with van der Waals surface area (Å²) in [5.74, 6) is 0. The van der Waals surface area contributed by atoms with Crippen molar-refractivity contribution in [3.8, 4) is 5.69 Å². The van der Waals surface area contributed by atoms with Gasteiger partial charge in [0, 0.05) is 17.8 Å². The molecule has 0 radical (unpaired) electrons. The quantitative estimate of drug-likeness (QED) is 0.649. The van der Waals surface area contributed by atoms with Gasteiger partial charge < -0.3 is 0 Å². The van der Waals surface area contributed by atoms with Crippen molar-refractivity contribution in [1.82, 2.24) is 14.8 Å². The molecule has 3 rings (SSSR count). The third kappa shape index (κ3) is 2.44. The highest BCUT2D eigenvalue weighted by atomic mass is 15.3. The molecule has 0 aliphatic heterocycles. The number of pyridine rings is 1. The molecular formula is C17H19N3. The zero-order chi connectivity index (χ0) is 13.8. The number of hydrogen-bond acceptors (Lipinski definition) is 2. The Bertz CT molecular complexity index is 686. The maximum Gasteiger partial charge on any atom is 0.0744 e. The van der Waals surface area contributed by atoms with Gasteiger partial charge >= 0.3 is 0 Å². The van der Waals surface area contributed by atoms with Crippen LogP contribution in [0.5, 0.6) is 0 Å². The molecule has 20 heavy (non-hydrogen) atoms. The summed E-state index contributed by atoms with van der Waals surface area (Å²) in [5.41, 5.74) is 3.44. The molecule has 3 nitrogen and oxygen atoms in total. The van der Waals surface area contributed by atoms with Gasteiger partial charge in [0.1, 0.15) is 0 Å². The minimum Gasteiger partial charge on any atom is -0.265 e. The second kappa shape index (κ2) is 5.87. The molecule has 2 heterocycles. The van der Waals surface area contributed by atoms with Crippen molar-refractivity contribution < 1.29 is 0 Å². The highest BCUT2D eigenvalue weighted by molar-refractivity contribution is 5.83. The number of unbranched alkanes of at least 4 members (excludes halogenated alkanes) is 2. The van der Waals surface area contributed by atoms with Crippen LogP contribution in [0.2, 0.25) is 0 Å². The van der Waals surface area contributed by atoms with E-state index in [0.717, 1.165) is 12.1 Å². The number of aryl methyl sites for hydroxylation is 1. The lowest BCUT2D eigenvalue weighted by Crippen LogP contribution is -1.97. The van der Waals surface area contributed by atoms with E-state index in [4.69, 9.17) is 5.10 Å². The average molecular weight is 265 g/mol. The number of hydrogen-bond donors (Lipinski definition) is 0. The van der Waals surface area contributed by atoms with Gasteiger partial charge in [0.2, 0.25) is 0 Å². The Balaban J connectivity index is 2.05. The monoisotopic (exact) mass is 265 g/mol. The zero-order valence-electron chi connectivity index (χ0n) is 11.8. The van der Waals surface area contributed by atoms with E-state index in [1.165, 1.54) is 35.9 Å². The molecule has 0 bridgehead atoms. The van der Waals surface area contributed by atoms with Gasteiger partial charge in [-0.3, -0.25) is 4.98 Å². The van der Waals surface area contributed by atoms with Gasteiger partial charge in [-0.25, -0.2) is 4.68 Å². The van der Waals surface area contributed by atoms with E-state index in [-0.39, 0.29) is 0 Å². The Morgan fingerprint density at radius 3 is 2.60 bits per heavy atom. The smallest absolute Gasteiger partial charge is 0.0744 e. The number of aromatic nitrogens is 3. The van der Waals surface area contributed by atoms with Gasteiger partial charge in [0.25, 0.3) is 0 Å². The summed E-state index contributed by atoms with van der Waals surface area (Å²) < 4.78 is 2.03. The Hall–Kier alpha value is -2.16. The number of fused-ring (bicyclic) bond motifs is 1. The third-order valence-corrected chi connectivity index (χ3v) is 3.59. The van der Waals surface area contributed by atoms with Crippen LogP contribution in [0.3, 0.4) is 0 Å². The molecule has 0 spiro atoms. The largest absolute Gasteiger partial charge is 0.265 e. The first kappa shape index (κ1) is 12.9. The van der Waals surface area contributed by atoms with Crippen LogP contribution in [0.4, 0.5) is 0 Å². The highest BCUT2D eigenvalue weighted by Gasteiger charge is 2.10. The number of benzene rings is 1. The highest BCUT2D eigenvalue weighted by Crippen LogP contribution is 2.23. The number of rotatable bonds is 5. The van der Waals surface area contributed by atoms with Crippen LogP contribution in [-0.4, -0.2) is 14.8 Å². The Morgan fingerprint density at radius 2 is 1.80 bits per heavy atom. The summed E-state index contributed by atoms with van der Waals surface area (Å²) in [6.07, 6.45) is 8.37. The van der Waals surface area contributed by atoms with Gasteiger partial charge in [-0.15, -0.1) is 0 Å². The predicted octanol–water partition coefficient (Wildman–Crippen LogP) is 4.15. The molecule has 0 aliphatic rings. The van der Waals surface area contributed by atoms with Gasteiger partial charge in [0.15, 0.2) is 0 Å². The van der Waals surface area contributed by atoms with Crippen molar-refractivity contribution >= 4 is 10.9 Å². The van der Waals surface area contributed by atoms with Crippen LogP contribution in [-0.2, 0) is 6.42 Å². The number of para-hydroxylation sites is 1. The fourth-order valence-electron chi connectivity index (χ4n) is 2.54. The first-order valence-electron chi connectivity index (χ1n) is 7.27. The minimum atomic E-state index is 1.05. The summed E-state index contributed by atoms with van der Waals surface area (Å²) in [6.45, 7) is 2.23. The summed E-state index contributed by atoms with van der Waals surface area (Å²) in [4.78, 5) is 4.08. The molecule has 0 atom stereocenters. The molecule has 0 fully saturated rings. The summed E-state index contributed by atoms with van der Waals surface area (Å²) in [7, 11) is 0. The van der Waals surface area contributed by atoms with E-state index in [1.54, 1.807) is 0 Å². The number of nitrogens with zero attached hydrogens (tertiary/aromatic N) is 3. The van der Waals surface area contributed by atoms with Crippen molar-refractivity contribution in [2.24, 2.45) is 0 Å². The maximum absolute atomic E-state index is 4.82. The zero-order valence-corrected chi connectivity index (χ0v) is 11.8. The predicted molar refractivity (Wildman–Crippen MR) is 82.1 cm³/mol. The van der Waals surface area contributed by atoms with Crippen LogP contribution >= 0.6 is 0 Å². The van der Waals surface area contributed by atoms with E-state index in [0.29, 0.717) is 0 Å². The first-order valence-corrected chi connectivity index (χ1v) is 7.27. The van der Waals surface area contributed by atoms with E-state index < -0.39 is 0 Å². The SMILES string of the molecule is CCCCCc1nn(-c2ccncc2)c2ccccc12. The topological polar surface area (TPSA) is 30.7 Å². The fraction of sp³-hybridized carbons (Fsp3) is 0.294. The summed E-state index contributed by atoms with van der Waals surface area (Å²) in [6, 6.07) is 12.4. The summed E-state index contributed by atoms with van der Waals surface area (Å²) >= 11 is 0. The van der Waals surface area contributed by atoms with Gasteiger partial charge in [0.05, 0.1) is 16.9 Å². The van der Waals surface area contributed by atoms with Crippen LogP contribution < -0.4 is 0 Å². The molecule has 3 heteroatoms. The molecule has 0 aliphatic carbocycles. The first-order chi connectivity index (χ1) is 9.90. The molecule has 1 aromatic carbocycles. The Labute approximate surface area is 119 Å². The van der Waals surface area contributed by atoms with Crippen molar-refractivity contribution in [2.75, 3.05) is 0 Å². The van der Waals surface area contributed by atoms with Crippen LogP contribution in [0.15, 0.2) is 48.8 Å². The summed E-state index contributed by atoms with van der Waals surface area (Å²) in [5, 5.41) is 6.08. The van der Waals surface area contributed by atoms with E-state index in [9.17, 15) is 0 Å². The lowest BCUT2D eigenvalue weighted by Gasteiger charge is -2.01. The lowest BCUT2D eigenvalue weighted by molar-refractivity contribution is 0.700. The molecule has 0 N–H and O–H groups in total. The molecule has 0 saturated carbocycles. The Kier molecular flexibility index (Phi) is 3.77. The van der Waals surface area contributed by atoms with E-state index >= 15 is 0 Å². The lowest BCUT2D eigenvalue weighted by atomic mass is 10.1. The van der Waals surface area contributed by atoms with Crippen molar-refractivity contribution in [3.63, 3.8) is 0 Å². The van der Waals surface area contributed by atoms with Crippen molar-refractivity contribution in [1.29, 1.82) is 0 Å². The molecular weight excluding hydrogens is 246 g/mol. The third-order valence-electron chi connectivity index (χ3n) is 3.59. The standard InChI is InChI=1S/C17H19N3/c1-2-3-4-8-16-15-7-5-6-9-17(15)20(19-16)14-10-12-18-13-11-14/h5-7,9-13H,2-4,8H2,1H3. The molecule has 0 saturated heterocycles. The van der Waals surface area contributed by atoms with Gasteiger partial charge in [-0.05, 0) is 31.0 Å². The Morgan fingerprint density at radius 1 is 1.00 bits per heavy atom. The van der Waals surface area contributed by atoms with Crippen LogP contribution in [0.25, 0.3) is 16.6 Å². The van der Waals surface area contributed by atoms with Gasteiger partial charge in [-0.2, -0.15) is 5.10 Å². The molecule has 0 amide bonds. The van der Waals surface area contributed by atoms with Crippen LogP contribution in [0, 0.1) is 0 Å². The van der Waals surface area contributed by atoms with Gasteiger partial charge in [-0.1, -0.05) is 38.0 Å². The van der Waals surface area contributed by atoms with E-state index in [2.05, 4.69) is 36.2 Å².